The van der Waals surface area contributed by atoms with Crippen LogP contribution >= 0.6 is 0 Å². The van der Waals surface area contributed by atoms with Gasteiger partial charge in [-0.25, -0.2) is 9.97 Å². The van der Waals surface area contributed by atoms with Crippen molar-refractivity contribution in [1.82, 2.24) is 15.3 Å². The summed E-state index contributed by atoms with van der Waals surface area (Å²) in [6.07, 6.45) is 1.60. The maximum Gasteiger partial charge on any atom is 0.254 e. The van der Waals surface area contributed by atoms with Crippen LogP contribution in [0.1, 0.15) is 47.2 Å². The van der Waals surface area contributed by atoms with Crippen molar-refractivity contribution in [3.63, 3.8) is 0 Å². The van der Waals surface area contributed by atoms with Gasteiger partial charge in [0.1, 0.15) is 11.6 Å². The Labute approximate surface area is 130 Å². The zero-order valence-corrected chi connectivity index (χ0v) is 13.4. The predicted octanol–water partition coefficient (Wildman–Crippen LogP) is 2.85. The van der Waals surface area contributed by atoms with Gasteiger partial charge in [-0.2, -0.15) is 0 Å². The van der Waals surface area contributed by atoms with E-state index >= 15 is 0 Å². The van der Waals surface area contributed by atoms with Gasteiger partial charge >= 0.3 is 0 Å². The summed E-state index contributed by atoms with van der Waals surface area (Å²) in [6, 6.07) is 7.60. The average molecular weight is 299 g/mol. The van der Waals surface area contributed by atoms with Crippen LogP contribution in [0.3, 0.4) is 0 Å². The van der Waals surface area contributed by atoms with Crippen LogP contribution in [0.2, 0.25) is 0 Å². The summed E-state index contributed by atoms with van der Waals surface area (Å²) in [6.45, 7) is 6.31. The van der Waals surface area contributed by atoms with Crippen molar-refractivity contribution in [3.05, 3.63) is 53.1 Å². The Kier molecular flexibility index (Phi) is 5.09. The number of rotatable bonds is 5. The Bertz CT molecular complexity index is 669. The highest BCUT2D eigenvalue weighted by Gasteiger charge is 2.13. The Morgan fingerprint density at radius 1 is 1.36 bits per heavy atom. The number of carbonyl (C=O) groups is 1. The number of hydrogen-bond acceptors (Lipinski definition) is 4. The molecule has 1 heterocycles. The molecule has 0 atom stereocenters. The van der Waals surface area contributed by atoms with Crippen LogP contribution in [-0.2, 0) is 6.54 Å². The minimum atomic E-state index is -0.171. The third-order valence-corrected chi connectivity index (χ3v) is 3.35. The second kappa shape index (κ2) is 7.02. The lowest BCUT2D eigenvalue weighted by Gasteiger charge is -2.10. The molecular formula is C17H21N3O2. The van der Waals surface area contributed by atoms with Gasteiger partial charge in [0.25, 0.3) is 5.91 Å². The van der Waals surface area contributed by atoms with Crippen LogP contribution in [0.25, 0.3) is 0 Å². The fraction of sp³-hybridized carbons (Fsp3) is 0.353. The lowest BCUT2D eigenvalue weighted by Crippen LogP contribution is -2.24. The zero-order valence-electron chi connectivity index (χ0n) is 13.4. The average Bonchev–Trinajstić information content (AvgIpc) is 2.52. The first kappa shape index (κ1) is 15.9. The highest BCUT2D eigenvalue weighted by molar-refractivity contribution is 5.94. The molecule has 2 rings (SSSR count). The fourth-order valence-corrected chi connectivity index (χ4v) is 2.05. The molecule has 2 aromatic rings. The molecule has 1 aromatic carbocycles. The van der Waals surface area contributed by atoms with Gasteiger partial charge in [-0.3, -0.25) is 4.79 Å². The Morgan fingerprint density at radius 2 is 2.14 bits per heavy atom. The van der Waals surface area contributed by atoms with E-state index in [1.165, 1.54) is 0 Å². The van der Waals surface area contributed by atoms with E-state index in [1.807, 2.05) is 45.0 Å². The lowest BCUT2D eigenvalue weighted by molar-refractivity contribution is 0.0949. The van der Waals surface area contributed by atoms with E-state index in [4.69, 9.17) is 4.74 Å². The monoisotopic (exact) mass is 299 g/mol. The second-order valence-electron chi connectivity index (χ2n) is 5.42. The van der Waals surface area contributed by atoms with Crippen LogP contribution in [0.15, 0.2) is 30.5 Å². The molecule has 0 unspecified atom stereocenters. The molecule has 22 heavy (non-hydrogen) atoms. The van der Waals surface area contributed by atoms with E-state index in [-0.39, 0.29) is 11.8 Å². The number of ether oxygens (including phenoxy) is 1. The topological polar surface area (TPSA) is 64.1 Å². The van der Waals surface area contributed by atoms with Crippen molar-refractivity contribution >= 4 is 5.91 Å². The molecule has 5 nitrogen and oxygen atoms in total. The normalized spacial score (nSPS) is 10.6. The molecule has 0 aliphatic heterocycles. The van der Waals surface area contributed by atoms with Crippen molar-refractivity contribution < 1.29 is 9.53 Å². The minimum absolute atomic E-state index is 0.171. The smallest absolute Gasteiger partial charge is 0.254 e. The quantitative estimate of drug-likeness (QED) is 0.922. The first-order valence-electron chi connectivity index (χ1n) is 7.26. The van der Waals surface area contributed by atoms with Gasteiger partial charge in [-0.15, -0.1) is 0 Å². The van der Waals surface area contributed by atoms with E-state index in [0.717, 1.165) is 17.1 Å². The van der Waals surface area contributed by atoms with Gasteiger partial charge < -0.3 is 10.1 Å². The summed E-state index contributed by atoms with van der Waals surface area (Å²) < 4.78 is 5.17. The van der Waals surface area contributed by atoms with Crippen LogP contribution in [-0.4, -0.2) is 23.0 Å². The van der Waals surface area contributed by atoms with Gasteiger partial charge in [0.15, 0.2) is 0 Å². The molecule has 1 N–H and O–H groups in total. The van der Waals surface area contributed by atoms with Crippen molar-refractivity contribution in [1.29, 1.82) is 0 Å². The summed E-state index contributed by atoms with van der Waals surface area (Å²) >= 11 is 0. The Hall–Kier alpha value is -2.43. The molecule has 0 fully saturated rings. The van der Waals surface area contributed by atoms with E-state index in [0.29, 0.717) is 17.8 Å². The fourth-order valence-electron chi connectivity index (χ4n) is 2.05. The third kappa shape index (κ3) is 3.81. The van der Waals surface area contributed by atoms with E-state index in [9.17, 15) is 4.79 Å². The molecule has 0 saturated heterocycles. The van der Waals surface area contributed by atoms with Gasteiger partial charge in [0, 0.05) is 18.7 Å². The molecule has 0 saturated carbocycles. The maximum atomic E-state index is 12.3. The van der Waals surface area contributed by atoms with Crippen molar-refractivity contribution in [2.24, 2.45) is 0 Å². The first-order valence-corrected chi connectivity index (χ1v) is 7.26. The molecule has 0 spiro atoms. The number of amides is 1. The number of aryl methyl sites for hydroxylation is 1. The summed E-state index contributed by atoms with van der Waals surface area (Å²) in [5, 5.41) is 2.88. The number of carbonyl (C=O) groups excluding carboxylic acids is 1. The van der Waals surface area contributed by atoms with Crippen molar-refractivity contribution in [2.75, 3.05) is 7.11 Å². The Balaban J connectivity index is 2.06. The summed E-state index contributed by atoms with van der Waals surface area (Å²) in [5.74, 6) is 1.60. The van der Waals surface area contributed by atoms with Crippen LogP contribution in [0.5, 0.6) is 5.75 Å². The summed E-state index contributed by atoms with van der Waals surface area (Å²) in [5.41, 5.74) is 2.18. The summed E-state index contributed by atoms with van der Waals surface area (Å²) in [4.78, 5) is 20.9. The molecule has 0 radical (unpaired) electrons. The molecular weight excluding hydrogens is 278 g/mol. The Morgan fingerprint density at radius 3 is 2.77 bits per heavy atom. The number of aromatic nitrogens is 2. The van der Waals surface area contributed by atoms with E-state index < -0.39 is 0 Å². The molecule has 1 amide bonds. The van der Waals surface area contributed by atoms with Crippen LogP contribution < -0.4 is 10.1 Å². The van der Waals surface area contributed by atoms with Gasteiger partial charge in [-0.1, -0.05) is 26.0 Å². The lowest BCUT2D eigenvalue weighted by atomic mass is 10.1. The number of methoxy groups -OCH3 is 1. The number of nitrogens with one attached hydrogen (secondary N) is 1. The maximum absolute atomic E-state index is 12.3. The standard InChI is InChI=1S/C17H21N3O2/c1-11(2)16-18-10-15(12(3)20-16)17(21)19-9-13-6-5-7-14(8-13)22-4/h5-8,10-11H,9H2,1-4H3,(H,19,21). The van der Waals surface area contributed by atoms with Gasteiger partial charge in [0.2, 0.25) is 0 Å². The van der Waals surface area contributed by atoms with Crippen LogP contribution in [0.4, 0.5) is 0 Å². The third-order valence-electron chi connectivity index (χ3n) is 3.35. The van der Waals surface area contributed by atoms with Crippen molar-refractivity contribution in [2.45, 2.75) is 33.2 Å². The minimum Gasteiger partial charge on any atom is -0.497 e. The highest BCUT2D eigenvalue weighted by Crippen LogP contribution is 2.14. The highest BCUT2D eigenvalue weighted by atomic mass is 16.5. The van der Waals surface area contributed by atoms with Crippen LogP contribution in [0, 0.1) is 6.92 Å². The summed E-state index contributed by atoms with van der Waals surface area (Å²) in [7, 11) is 1.62. The molecule has 116 valence electrons. The second-order valence-corrected chi connectivity index (χ2v) is 5.42. The van der Waals surface area contributed by atoms with Crippen molar-refractivity contribution in [3.8, 4) is 5.75 Å². The number of hydrogen-bond donors (Lipinski definition) is 1. The largest absolute Gasteiger partial charge is 0.497 e. The van der Waals surface area contributed by atoms with E-state index in [1.54, 1.807) is 13.3 Å². The SMILES string of the molecule is COc1cccc(CNC(=O)c2cnc(C(C)C)nc2C)c1. The molecule has 0 aliphatic carbocycles. The predicted molar refractivity (Wildman–Crippen MR) is 85.0 cm³/mol. The van der Waals surface area contributed by atoms with E-state index in [2.05, 4.69) is 15.3 Å². The zero-order chi connectivity index (χ0) is 16.1. The first-order chi connectivity index (χ1) is 10.5. The van der Waals surface area contributed by atoms with Gasteiger partial charge in [-0.05, 0) is 24.6 Å². The molecule has 0 bridgehead atoms. The number of nitrogens with zero attached hydrogens (tertiary/aromatic N) is 2. The number of benzene rings is 1. The molecule has 0 aliphatic rings. The van der Waals surface area contributed by atoms with Gasteiger partial charge in [0.05, 0.1) is 18.4 Å². The molecule has 1 aromatic heterocycles. The molecule has 5 heteroatoms.